The van der Waals surface area contributed by atoms with E-state index in [1.807, 2.05) is 0 Å². The number of ether oxygens (including phenoxy) is 9. The van der Waals surface area contributed by atoms with E-state index in [1.54, 1.807) is 60.4 Å². The molecule has 2 aliphatic carbocycles. The van der Waals surface area contributed by atoms with Crippen LogP contribution in [0.2, 0.25) is 0 Å². The number of esters is 1. The number of hydrogen-bond donors (Lipinski definition) is 9. The third-order valence-corrected chi connectivity index (χ3v) is 16.6. The van der Waals surface area contributed by atoms with Crippen molar-refractivity contribution in [3.8, 4) is 0 Å². The Kier molecular flexibility index (Phi) is 21.0. The van der Waals surface area contributed by atoms with E-state index in [1.165, 1.54) is 19.1 Å². The van der Waals surface area contributed by atoms with Crippen LogP contribution < -0.4 is 10.9 Å². The molecule has 20 atom stereocenters. The Morgan fingerprint density at radius 3 is 2.10 bits per heavy atom. The van der Waals surface area contributed by atoms with Crippen molar-refractivity contribution in [2.24, 2.45) is 17.8 Å². The van der Waals surface area contributed by atoms with Crippen molar-refractivity contribution in [3.05, 3.63) is 82.2 Å². The van der Waals surface area contributed by atoms with E-state index < -0.39 is 153 Å². The molecule has 0 radical (unpaired) electrons. The van der Waals surface area contributed by atoms with E-state index in [9.17, 15) is 60.0 Å². The highest BCUT2D eigenvalue weighted by Gasteiger charge is 2.54. The van der Waals surface area contributed by atoms with Crippen LogP contribution >= 0.6 is 0 Å². The van der Waals surface area contributed by atoms with Crippen molar-refractivity contribution in [3.63, 3.8) is 0 Å². The first-order chi connectivity index (χ1) is 39.0. The summed E-state index contributed by atoms with van der Waals surface area (Å²) in [4.78, 5) is 57.0. The number of nitrogens with zero attached hydrogens (tertiary/aromatic N) is 1. The summed E-state index contributed by atoms with van der Waals surface area (Å²) < 4.78 is 61.1. The van der Waals surface area contributed by atoms with Crippen LogP contribution in [0.25, 0.3) is 11.0 Å². The topological polar surface area (TPSA) is 342 Å². The zero-order valence-corrected chi connectivity index (χ0v) is 45.5. The summed E-state index contributed by atoms with van der Waals surface area (Å²) in [5, 5.41) is 91.1. The van der Waals surface area contributed by atoms with Gasteiger partial charge in [-0.1, -0.05) is 75.4 Å². The molecule has 9 rings (SSSR count). The molecular weight excluding hydrogens is 1060 g/mol. The molecule has 0 bridgehead atoms. The lowest BCUT2D eigenvalue weighted by Gasteiger charge is -2.48. The summed E-state index contributed by atoms with van der Waals surface area (Å²) >= 11 is 0. The van der Waals surface area contributed by atoms with Gasteiger partial charge in [0.05, 0.1) is 55.9 Å². The van der Waals surface area contributed by atoms with Crippen LogP contribution in [0, 0.1) is 17.8 Å². The van der Waals surface area contributed by atoms with E-state index in [4.69, 9.17) is 47.0 Å². The fraction of sp³-hybridized carbons (Fsp3) is 0.684. The van der Waals surface area contributed by atoms with Crippen molar-refractivity contribution in [1.29, 1.82) is 0 Å². The lowest BCUT2D eigenvalue weighted by atomic mass is 9.77. The van der Waals surface area contributed by atoms with Gasteiger partial charge in [-0.2, -0.15) is 0 Å². The van der Waals surface area contributed by atoms with Gasteiger partial charge in [0, 0.05) is 30.9 Å². The molecule has 2 aromatic carbocycles. The van der Waals surface area contributed by atoms with Crippen molar-refractivity contribution in [1.82, 2.24) is 10.2 Å². The number of fused-ring (bicyclic) bond motifs is 1. The minimum Gasteiger partial charge on any atom is -0.450 e. The molecule has 4 aliphatic heterocycles. The second-order valence-electron chi connectivity index (χ2n) is 22.3. The summed E-state index contributed by atoms with van der Waals surface area (Å²) in [7, 11) is 0. The number of para-hydroxylation sites is 1. The van der Waals surface area contributed by atoms with Gasteiger partial charge in [0.25, 0.3) is 5.91 Å². The monoisotopic (exact) mass is 1140 g/mol. The quantitative estimate of drug-likeness (QED) is 0.0390. The second kappa shape index (κ2) is 27.9. The van der Waals surface area contributed by atoms with E-state index in [0.29, 0.717) is 30.5 Å². The number of carbonyl (C=O) groups excluding carboxylic acids is 3. The normalized spacial score (nSPS) is 36.1. The Labute approximate surface area is 468 Å². The van der Waals surface area contributed by atoms with E-state index >= 15 is 0 Å². The summed E-state index contributed by atoms with van der Waals surface area (Å²) in [6.45, 7) is 2.09. The van der Waals surface area contributed by atoms with Gasteiger partial charge in [-0.3, -0.25) is 9.59 Å². The molecule has 448 valence electrons. The maximum atomic E-state index is 14.3. The smallest absolute Gasteiger partial charge is 0.341 e. The molecule has 1 aromatic heterocycles. The maximum Gasteiger partial charge on any atom is 0.341 e. The minimum absolute atomic E-state index is 0.115. The molecule has 6 aliphatic rings. The summed E-state index contributed by atoms with van der Waals surface area (Å²) in [6.07, 6.45) is -19.9. The highest BCUT2D eigenvalue weighted by atomic mass is 16.7. The van der Waals surface area contributed by atoms with Gasteiger partial charge in [-0.05, 0) is 68.7 Å². The maximum absolute atomic E-state index is 14.3. The number of amides is 2. The standard InChI is InChI=1S/C57H78N2O22/c1-29-22-34(51(68)58-18-21-72-55-46(67)48(42(63)39(26-60)78-55)73-28-35-24-33-16-9-10-17-36(33)76-54(35)71)25-37(47(29)81-56-45(66)44(65)41(62)30(2)74-56)77-57-50(80-53(70)32-14-7-4-8-15-32)49(43(64)40(27-61)79-57)75-38(52(69)59-19-11-20-59)23-31-12-5-3-6-13-31/h4,7-10,14-17,24,29-31,34,37-50,55-57,60-67H,3,5-6,11-13,18-23,25-28H2,1-2H3,(H,58,68)/t29?,30?,34?,37-,38+,39?,40?,41-,42-,43+,44?,45?,46?,47?,48?,49?,50?,55+,56+,57-/m1/s1. The molecule has 24 nitrogen and oxygen atoms in total. The Morgan fingerprint density at radius 2 is 1.40 bits per heavy atom. The largest absolute Gasteiger partial charge is 0.450 e. The van der Waals surface area contributed by atoms with Gasteiger partial charge >= 0.3 is 11.6 Å². The summed E-state index contributed by atoms with van der Waals surface area (Å²) in [5.74, 6) is -2.94. The minimum atomic E-state index is -1.73. The SMILES string of the molecule is CC1CC(C(=O)NCCO[C@H]2OC(CO)[C@@H](O)C(OCc3cc4ccccc4oc3=O)C2O)C[C@@H](O[C@@H]2OC(CO)[C@H](O)C(O[C@@H](CC3CCCCC3)C(=O)N3CCC3)C2OC(=O)c2ccccc2)C1O[C@@H]1OC(C)[C@@H](O)C(O)C1O. The Morgan fingerprint density at radius 1 is 0.704 bits per heavy atom. The number of likely N-dealkylation sites (tertiary alicyclic amines) is 1. The third-order valence-electron chi connectivity index (χ3n) is 16.6. The molecule has 81 heavy (non-hydrogen) atoms. The number of benzene rings is 2. The zero-order chi connectivity index (χ0) is 57.5. The molecule has 6 fully saturated rings. The van der Waals surface area contributed by atoms with Crippen LogP contribution in [0.1, 0.15) is 87.6 Å². The molecule has 12 unspecified atom stereocenters. The van der Waals surface area contributed by atoms with Gasteiger partial charge in [0.15, 0.2) is 25.0 Å². The van der Waals surface area contributed by atoms with Crippen molar-refractivity contribution >= 4 is 28.8 Å². The van der Waals surface area contributed by atoms with Crippen molar-refractivity contribution < 1.29 is 102 Å². The molecule has 3 aromatic rings. The highest BCUT2D eigenvalue weighted by Crippen LogP contribution is 2.40. The Balaban J connectivity index is 0.929. The molecule has 0 spiro atoms. The number of carbonyl (C=O) groups is 3. The average Bonchev–Trinajstić information content (AvgIpc) is 3.66. The van der Waals surface area contributed by atoms with Crippen LogP contribution in [0.4, 0.5) is 0 Å². The van der Waals surface area contributed by atoms with E-state index in [0.717, 1.165) is 38.5 Å². The van der Waals surface area contributed by atoms with Gasteiger partial charge < -0.3 is 98.1 Å². The first-order valence-electron chi connectivity index (χ1n) is 28.3. The number of aliphatic hydroxyl groups is 8. The van der Waals surface area contributed by atoms with E-state index in [2.05, 4.69) is 5.32 Å². The molecule has 2 saturated carbocycles. The first kappa shape index (κ1) is 61.0. The Hall–Kier alpha value is -4.58. The highest BCUT2D eigenvalue weighted by molar-refractivity contribution is 5.89. The van der Waals surface area contributed by atoms with Gasteiger partial charge in [-0.15, -0.1) is 0 Å². The van der Waals surface area contributed by atoms with Gasteiger partial charge in [0.2, 0.25) is 5.91 Å². The molecule has 24 heteroatoms. The van der Waals surface area contributed by atoms with Crippen molar-refractivity contribution in [2.45, 2.75) is 189 Å². The molecular formula is C57H78N2O22. The molecule has 9 N–H and O–H groups in total. The number of hydrogen-bond acceptors (Lipinski definition) is 22. The second-order valence-corrected chi connectivity index (χ2v) is 22.3. The summed E-state index contributed by atoms with van der Waals surface area (Å²) in [6, 6.07) is 16.4. The molecule has 4 saturated heterocycles. The Bertz CT molecular complexity index is 2580. The van der Waals surface area contributed by atoms with E-state index in [-0.39, 0.29) is 55.6 Å². The average molecular weight is 1140 g/mol. The van der Waals surface area contributed by atoms with Gasteiger partial charge in [0.1, 0.15) is 72.7 Å². The fourth-order valence-corrected chi connectivity index (χ4v) is 11.8. The van der Waals surface area contributed by atoms with Crippen LogP contribution in [-0.2, 0) is 58.8 Å². The third kappa shape index (κ3) is 14.3. The van der Waals surface area contributed by atoms with Crippen molar-refractivity contribution in [2.75, 3.05) is 39.5 Å². The molecule has 5 heterocycles. The molecule has 2 amide bonds. The number of nitrogens with one attached hydrogen (secondary N) is 1. The predicted octanol–water partition coefficient (Wildman–Crippen LogP) is 0.154. The predicted molar refractivity (Wildman–Crippen MR) is 280 cm³/mol. The number of rotatable bonds is 21. The fourth-order valence-electron chi connectivity index (χ4n) is 11.8. The van der Waals surface area contributed by atoms with Crippen LogP contribution in [0.15, 0.2) is 69.9 Å². The lowest BCUT2D eigenvalue weighted by molar-refractivity contribution is -0.349. The van der Waals surface area contributed by atoms with Crippen LogP contribution in [0.5, 0.6) is 0 Å². The first-order valence-corrected chi connectivity index (χ1v) is 28.3. The van der Waals surface area contributed by atoms with Gasteiger partial charge in [-0.25, -0.2) is 9.59 Å². The summed E-state index contributed by atoms with van der Waals surface area (Å²) in [5.41, 5.74) is -0.0706. The lowest BCUT2D eigenvalue weighted by Crippen LogP contribution is -2.64. The van der Waals surface area contributed by atoms with Crippen LogP contribution in [-0.4, -0.2) is 213 Å². The van der Waals surface area contributed by atoms with Crippen LogP contribution in [0.3, 0.4) is 0 Å². The zero-order valence-electron chi connectivity index (χ0n) is 45.5. The number of aliphatic hydroxyl groups excluding tert-OH is 8.